The largest absolute Gasteiger partial charge is 0.250 e. The molecule has 0 amide bonds. The van der Waals surface area contributed by atoms with Gasteiger partial charge in [-0.1, -0.05) is 38.3 Å². The minimum absolute atomic E-state index is 0.0990. The lowest BCUT2D eigenvalue weighted by atomic mass is 10.2. The van der Waals surface area contributed by atoms with E-state index in [0.29, 0.717) is 6.42 Å². The summed E-state index contributed by atoms with van der Waals surface area (Å²) in [6.45, 7) is 15.9. The summed E-state index contributed by atoms with van der Waals surface area (Å²) in [4.78, 5) is 6.53. The van der Waals surface area contributed by atoms with Gasteiger partial charge in [0.05, 0.1) is 23.8 Å². The molecule has 0 saturated heterocycles. The number of sulfone groups is 1. The van der Waals surface area contributed by atoms with Gasteiger partial charge in [0.25, 0.3) is 0 Å². The highest BCUT2D eigenvalue weighted by Gasteiger charge is 2.15. The quantitative estimate of drug-likeness (QED) is 0.579. The third-order valence-corrected chi connectivity index (χ3v) is 4.61. The molecule has 0 aliphatic heterocycles. The lowest BCUT2D eigenvalue weighted by molar-refractivity contribution is 0.589. The highest BCUT2D eigenvalue weighted by atomic mass is 32.2. The van der Waals surface area contributed by atoms with Crippen LogP contribution in [0.1, 0.15) is 32.6 Å². The summed E-state index contributed by atoms with van der Waals surface area (Å²) in [5, 5.41) is 0. The van der Waals surface area contributed by atoms with Gasteiger partial charge in [0.15, 0.2) is 21.2 Å². The van der Waals surface area contributed by atoms with E-state index in [1.165, 1.54) is 18.2 Å². The molecule has 100 valence electrons. The minimum Gasteiger partial charge on any atom is -0.250 e. The predicted octanol–water partition coefficient (Wildman–Crippen LogP) is 4.14. The first-order chi connectivity index (χ1) is 9.05. The van der Waals surface area contributed by atoms with E-state index in [4.69, 9.17) is 13.1 Å². The fraction of sp³-hybridized carbons (Fsp3) is 0.429. The first-order valence-corrected chi connectivity index (χ1v) is 7.82. The Morgan fingerprint density at radius 1 is 1.05 bits per heavy atom. The van der Waals surface area contributed by atoms with E-state index in [2.05, 4.69) is 16.6 Å². The number of hydrogen-bond donors (Lipinski definition) is 0. The van der Waals surface area contributed by atoms with E-state index < -0.39 is 9.84 Å². The molecule has 0 bridgehead atoms. The number of nitrogens with zero attached hydrogens (tertiary/aromatic N) is 2. The Kier molecular flexibility index (Phi) is 5.54. The predicted molar refractivity (Wildman–Crippen MR) is 75.2 cm³/mol. The van der Waals surface area contributed by atoms with Crippen LogP contribution in [-0.4, -0.2) is 14.2 Å². The zero-order valence-electron chi connectivity index (χ0n) is 10.9. The van der Waals surface area contributed by atoms with Crippen molar-refractivity contribution in [3.63, 3.8) is 0 Å². The van der Waals surface area contributed by atoms with Crippen LogP contribution in [0.2, 0.25) is 0 Å². The van der Waals surface area contributed by atoms with Crippen LogP contribution in [0.4, 0.5) is 11.4 Å². The van der Waals surface area contributed by atoms with Crippen molar-refractivity contribution in [3.8, 4) is 0 Å². The molecule has 1 aromatic carbocycles. The van der Waals surface area contributed by atoms with Crippen LogP contribution in [0.5, 0.6) is 0 Å². The maximum absolute atomic E-state index is 12.1. The van der Waals surface area contributed by atoms with Crippen LogP contribution in [0, 0.1) is 13.1 Å². The zero-order valence-corrected chi connectivity index (χ0v) is 11.7. The van der Waals surface area contributed by atoms with E-state index >= 15 is 0 Å². The number of unbranched alkanes of at least 4 members (excludes halogenated alkanes) is 3. The van der Waals surface area contributed by atoms with Gasteiger partial charge in [0, 0.05) is 0 Å². The van der Waals surface area contributed by atoms with Crippen LogP contribution in [-0.2, 0) is 9.84 Å². The topological polar surface area (TPSA) is 42.9 Å². The fourth-order valence-corrected chi connectivity index (χ4v) is 3.10. The summed E-state index contributed by atoms with van der Waals surface area (Å²) in [5.41, 5.74) is 0.296. The average Bonchev–Trinajstić information content (AvgIpc) is 2.42. The lowest BCUT2D eigenvalue weighted by Crippen LogP contribution is -2.06. The Balaban J connectivity index is 2.91. The molecule has 0 spiro atoms. The van der Waals surface area contributed by atoms with Crippen molar-refractivity contribution in [1.29, 1.82) is 0 Å². The Bertz CT molecular complexity index is 622. The molecule has 0 aromatic heterocycles. The normalized spacial score (nSPS) is 10.7. The molecule has 0 unspecified atom stereocenters. The molecular weight excluding hydrogens is 260 g/mol. The second-order valence-corrected chi connectivity index (χ2v) is 6.36. The van der Waals surface area contributed by atoms with Gasteiger partial charge in [-0.25, -0.2) is 8.42 Å². The summed E-state index contributed by atoms with van der Waals surface area (Å²) in [6.07, 6.45) is 3.61. The zero-order chi connectivity index (χ0) is 14.3. The molecule has 19 heavy (non-hydrogen) atoms. The van der Waals surface area contributed by atoms with Crippen molar-refractivity contribution in [1.82, 2.24) is 0 Å². The third-order valence-electron chi connectivity index (χ3n) is 2.81. The second-order valence-electron chi connectivity index (χ2n) is 4.25. The van der Waals surface area contributed by atoms with Crippen molar-refractivity contribution in [2.75, 3.05) is 5.75 Å². The standard InChI is InChI=1S/C14H16N2O2S/c1-4-5-6-7-10-19(17,18)12-8-9-13(15-2)14(11-12)16-3/h8-9,11H,4-7,10H2,1H3. The number of rotatable bonds is 6. The van der Waals surface area contributed by atoms with E-state index in [9.17, 15) is 8.42 Å². The minimum atomic E-state index is -3.34. The molecular formula is C14H16N2O2S. The molecule has 0 aliphatic carbocycles. The second kappa shape index (κ2) is 6.92. The van der Waals surface area contributed by atoms with Crippen LogP contribution < -0.4 is 0 Å². The Labute approximate surface area is 114 Å². The van der Waals surface area contributed by atoms with Gasteiger partial charge in [-0.15, -0.1) is 0 Å². The third kappa shape index (κ3) is 4.08. The summed E-state index contributed by atoms with van der Waals surface area (Å²) in [7, 11) is -3.34. The van der Waals surface area contributed by atoms with Gasteiger partial charge >= 0.3 is 0 Å². The molecule has 0 aliphatic rings. The fourth-order valence-electron chi connectivity index (χ4n) is 1.72. The highest BCUT2D eigenvalue weighted by molar-refractivity contribution is 7.91. The number of benzene rings is 1. The molecule has 0 N–H and O–H groups in total. The lowest BCUT2D eigenvalue weighted by Gasteiger charge is -2.05. The smallest absolute Gasteiger partial charge is 0.195 e. The van der Waals surface area contributed by atoms with E-state index in [1.807, 2.05) is 0 Å². The van der Waals surface area contributed by atoms with Crippen molar-refractivity contribution in [2.45, 2.75) is 37.5 Å². The van der Waals surface area contributed by atoms with Crippen LogP contribution >= 0.6 is 0 Å². The van der Waals surface area contributed by atoms with Gasteiger partial charge in [-0.05, 0) is 12.5 Å². The van der Waals surface area contributed by atoms with E-state index in [-0.39, 0.29) is 22.0 Å². The van der Waals surface area contributed by atoms with Gasteiger partial charge in [-0.2, -0.15) is 0 Å². The van der Waals surface area contributed by atoms with Crippen LogP contribution in [0.3, 0.4) is 0 Å². The van der Waals surface area contributed by atoms with Crippen molar-refractivity contribution in [2.24, 2.45) is 0 Å². The maximum atomic E-state index is 12.1. The average molecular weight is 276 g/mol. The molecule has 0 heterocycles. The van der Waals surface area contributed by atoms with E-state index in [0.717, 1.165) is 19.3 Å². The Hall–Kier alpha value is -1.85. The van der Waals surface area contributed by atoms with Crippen LogP contribution in [0.25, 0.3) is 9.69 Å². The maximum Gasteiger partial charge on any atom is 0.195 e. The molecule has 0 fully saturated rings. The van der Waals surface area contributed by atoms with Crippen molar-refractivity contribution >= 4 is 21.2 Å². The monoisotopic (exact) mass is 276 g/mol. The Morgan fingerprint density at radius 3 is 2.32 bits per heavy atom. The van der Waals surface area contributed by atoms with Gasteiger partial charge < -0.3 is 0 Å². The number of hydrogen-bond acceptors (Lipinski definition) is 2. The van der Waals surface area contributed by atoms with Gasteiger partial charge in [0.2, 0.25) is 0 Å². The first-order valence-electron chi connectivity index (χ1n) is 6.17. The molecule has 1 rings (SSSR count). The molecule has 1 aromatic rings. The molecule has 0 radical (unpaired) electrons. The molecule has 0 saturated carbocycles. The van der Waals surface area contributed by atoms with Crippen molar-refractivity contribution in [3.05, 3.63) is 41.0 Å². The summed E-state index contributed by atoms with van der Waals surface area (Å²) in [5.74, 6) is 0.0990. The molecule has 5 heteroatoms. The van der Waals surface area contributed by atoms with Crippen LogP contribution in [0.15, 0.2) is 23.1 Å². The summed E-state index contributed by atoms with van der Waals surface area (Å²) >= 11 is 0. The van der Waals surface area contributed by atoms with Crippen molar-refractivity contribution < 1.29 is 8.42 Å². The molecule has 0 atom stereocenters. The SMILES string of the molecule is [C-]#[N+]c1ccc(S(=O)(=O)CCCCCC)cc1[N+]#[C-]. The van der Waals surface area contributed by atoms with Gasteiger partial charge in [-0.3, -0.25) is 9.69 Å². The molecule has 4 nitrogen and oxygen atoms in total. The Morgan fingerprint density at radius 2 is 1.74 bits per heavy atom. The summed E-state index contributed by atoms with van der Waals surface area (Å²) in [6, 6.07) is 4.12. The highest BCUT2D eigenvalue weighted by Crippen LogP contribution is 2.31. The summed E-state index contributed by atoms with van der Waals surface area (Å²) < 4.78 is 24.2. The first kappa shape index (κ1) is 15.2. The van der Waals surface area contributed by atoms with E-state index in [1.54, 1.807) is 0 Å². The van der Waals surface area contributed by atoms with Gasteiger partial charge in [0.1, 0.15) is 0 Å².